The third kappa shape index (κ3) is 4.70. The maximum absolute atomic E-state index is 9.41. The first-order valence-corrected chi connectivity index (χ1v) is 5.10. The van der Waals surface area contributed by atoms with Gasteiger partial charge < -0.3 is 10.8 Å². The van der Waals surface area contributed by atoms with Crippen LogP contribution in [-0.4, -0.2) is 17.0 Å². The van der Waals surface area contributed by atoms with Crippen molar-refractivity contribution in [3.05, 3.63) is 35.1 Å². The van der Waals surface area contributed by atoms with Gasteiger partial charge in [0.2, 0.25) is 0 Å². The maximum atomic E-state index is 9.41. The number of rotatable bonds is 5. The quantitative estimate of drug-likeness (QED) is 0.437. The van der Waals surface area contributed by atoms with Crippen LogP contribution in [0.15, 0.2) is 35.1 Å². The predicted octanol–water partition coefficient (Wildman–Crippen LogP) is 3.08. The van der Waals surface area contributed by atoms with Gasteiger partial charge in [0.1, 0.15) is 5.76 Å². The Hall–Kier alpha value is -0.440. The molecule has 3 N–H and O–H groups in total. The summed E-state index contributed by atoms with van der Waals surface area (Å²) in [5.74, 6) is -0.0373. The first-order valence-electron chi connectivity index (χ1n) is 4.28. The molecule has 1 unspecified atom stereocenters. The van der Waals surface area contributed by atoms with Gasteiger partial charge in [-0.2, -0.15) is 0 Å². The molecule has 4 heteroatoms. The summed E-state index contributed by atoms with van der Waals surface area (Å²) < 4.78 is 0. The molecule has 0 radical (unpaired) electrons. The number of alkyl halides is 1. The van der Waals surface area contributed by atoms with Gasteiger partial charge in [-0.1, -0.05) is 24.3 Å². The Morgan fingerprint density at radius 1 is 1.64 bits per heavy atom. The van der Waals surface area contributed by atoms with E-state index in [1.807, 2.05) is 0 Å². The minimum atomic E-state index is -0.498. The Labute approximate surface area is 94.7 Å². The Kier molecular flexibility index (Phi) is 6.71. The van der Waals surface area contributed by atoms with Crippen molar-refractivity contribution < 1.29 is 5.11 Å². The number of hydrogen-bond acceptors (Lipinski definition) is 2. The Bertz CT molecular complexity index is 257. The summed E-state index contributed by atoms with van der Waals surface area (Å²) in [7, 11) is 0. The topological polar surface area (TPSA) is 46.2 Å². The van der Waals surface area contributed by atoms with Crippen LogP contribution in [0.3, 0.4) is 0 Å². The second-order valence-corrected chi connectivity index (χ2v) is 3.87. The highest BCUT2D eigenvalue weighted by Gasteiger charge is 2.07. The van der Waals surface area contributed by atoms with Gasteiger partial charge in [0.05, 0.1) is 10.4 Å². The average molecular weight is 236 g/mol. The van der Waals surface area contributed by atoms with E-state index in [0.717, 1.165) is 5.57 Å². The van der Waals surface area contributed by atoms with Crippen molar-refractivity contribution in [1.29, 1.82) is 0 Å². The Morgan fingerprint density at radius 2 is 2.21 bits per heavy atom. The normalized spacial score (nSPS) is 16.1. The first kappa shape index (κ1) is 13.6. The zero-order chi connectivity index (χ0) is 11.1. The summed E-state index contributed by atoms with van der Waals surface area (Å²) in [4.78, 5) is 0. The zero-order valence-corrected chi connectivity index (χ0v) is 9.65. The van der Waals surface area contributed by atoms with Crippen LogP contribution in [0.5, 0.6) is 0 Å². The molecular weight excluding hydrogens is 221 g/mol. The molecular formula is C10H15Cl2NO. The molecule has 0 bridgehead atoms. The summed E-state index contributed by atoms with van der Waals surface area (Å²) in [5.41, 5.74) is 6.26. The molecule has 0 spiro atoms. The van der Waals surface area contributed by atoms with Crippen LogP contribution >= 0.6 is 23.2 Å². The highest BCUT2D eigenvalue weighted by atomic mass is 35.5. The molecule has 0 aromatic carbocycles. The molecule has 0 rings (SSSR count). The van der Waals surface area contributed by atoms with Crippen molar-refractivity contribution in [1.82, 2.24) is 0 Å². The van der Waals surface area contributed by atoms with E-state index >= 15 is 0 Å². The van der Waals surface area contributed by atoms with E-state index in [2.05, 4.69) is 6.58 Å². The van der Waals surface area contributed by atoms with Gasteiger partial charge in [0, 0.05) is 0 Å². The van der Waals surface area contributed by atoms with Crippen molar-refractivity contribution in [2.45, 2.75) is 18.7 Å². The maximum Gasteiger partial charge on any atom is 0.128 e. The van der Waals surface area contributed by atoms with Gasteiger partial charge >= 0.3 is 0 Å². The van der Waals surface area contributed by atoms with Gasteiger partial charge in [0.25, 0.3) is 0 Å². The SMILES string of the molecule is C=C/C(=C\C(Cl)=C(\O)C(C)Cl)CCN. The fourth-order valence-electron chi connectivity index (χ4n) is 0.827. The Morgan fingerprint density at radius 3 is 2.57 bits per heavy atom. The van der Waals surface area contributed by atoms with Crippen LogP contribution in [0.2, 0.25) is 0 Å². The second kappa shape index (κ2) is 6.93. The molecule has 14 heavy (non-hydrogen) atoms. The lowest BCUT2D eigenvalue weighted by atomic mass is 10.1. The van der Waals surface area contributed by atoms with Gasteiger partial charge in [-0.15, -0.1) is 11.6 Å². The molecule has 0 aliphatic heterocycles. The van der Waals surface area contributed by atoms with E-state index in [1.165, 1.54) is 0 Å². The van der Waals surface area contributed by atoms with Crippen LogP contribution in [-0.2, 0) is 0 Å². The fourth-order valence-corrected chi connectivity index (χ4v) is 1.30. The third-order valence-electron chi connectivity index (χ3n) is 1.63. The van der Waals surface area contributed by atoms with Crippen molar-refractivity contribution in [3.63, 3.8) is 0 Å². The van der Waals surface area contributed by atoms with E-state index in [-0.39, 0.29) is 10.8 Å². The van der Waals surface area contributed by atoms with Crippen LogP contribution in [0.25, 0.3) is 0 Å². The average Bonchev–Trinajstić information content (AvgIpc) is 2.15. The fraction of sp³-hybridized carbons (Fsp3) is 0.400. The van der Waals surface area contributed by atoms with Crippen LogP contribution in [0.1, 0.15) is 13.3 Å². The number of halogens is 2. The van der Waals surface area contributed by atoms with Crippen LogP contribution < -0.4 is 5.73 Å². The summed E-state index contributed by atoms with van der Waals surface area (Å²) in [6.07, 6.45) is 3.95. The molecule has 0 heterocycles. The number of nitrogens with two attached hydrogens (primary N) is 1. The predicted molar refractivity (Wildman–Crippen MR) is 62.8 cm³/mol. The molecule has 0 amide bonds. The summed E-state index contributed by atoms with van der Waals surface area (Å²) in [6, 6.07) is 0. The molecule has 80 valence electrons. The summed E-state index contributed by atoms with van der Waals surface area (Å²) >= 11 is 11.5. The zero-order valence-electron chi connectivity index (χ0n) is 8.13. The molecule has 0 aromatic heterocycles. The van der Waals surface area contributed by atoms with Crippen molar-refractivity contribution in [3.8, 4) is 0 Å². The molecule has 0 aliphatic rings. The van der Waals surface area contributed by atoms with E-state index in [1.54, 1.807) is 19.1 Å². The molecule has 0 aliphatic carbocycles. The molecule has 0 saturated carbocycles. The minimum absolute atomic E-state index is 0.0373. The van der Waals surface area contributed by atoms with Gasteiger partial charge in [-0.25, -0.2) is 0 Å². The molecule has 0 saturated heterocycles. The lowest BCUT2D eigenvalue weighted by Crippen LogP contribution is -2.00. The smallest absolute Gasteiger partial charge is 0.128 e. The molecule has 0 fully saturated rings. The summed E-state index contributed by atoms with van der Waals surface area (Å²) in [5, 5.41) is 9.15. The lowest BCUT2D eigenvalue weighted by molar-refractivity contribution is 0.395. The number of allylic oxidation sites excluding steroid dienone is 4. The van der Waals surface area contributed by atoms with E-state index in [4.69, 9.17) is 28.9 Å². The molecule has 0 aromatic rings. The Balaban J connectivity index is 4.76. The lowest BCUT2D eigenvalue weighted by Gasteiger charge is -2.04. The first-order chi connectivity index (χ1) is 6.52. The van der Waals surface area contributed by atoms with Crippen LogP contribution in [0.4, 0.5) is 0 Å². The van der Waals surface area contributed by atoms with Crippen molar-refractivity contribution >= 4 is 23.2 Å². The monoisotopic (exact) mass is 235 g/mol. The van der Waals surface area contributed by atoms with E-state index in [0.29, 0.717) is 13.0 Å². The number of hydrogen-bond donors (Lipinski definition) is 2. The number of aliphatic hydroxyl groups excluding tert-OH is 1. The van der Waals surface area contributed by atoms with E-state index in [9.17, 15) is 5.11 Å². The third-order valence-corrected chi connectivity index (χ3v) is 2.14. The van der Waals surface area contributed by atoms with E-state index < -0.39 is 5.38 Å². The van der Waals surface area contributed by atoms with Gasteiger partial charge in [-0.3, -0.25) is 0 Å². The number of aliphatic hydroxyl groups is 1. The standard InChI is InChI=1S/C10H15Cl2NO/c1-3-8(4-5-13)6-9(12)10(14)7(2)11/h3,6-7,14H,1,4-5,13H2,2H3/b8-6+,10-9-. The van der Waals surface area contributed by atoms with Gasteiger partial charge in [-0.05, 0) is 31.5 Å². The van der Waals surface area contributed by atoms with Gasteiger partial charge in [0.15, 0.2) is 0 Å². The van der Waals surface area contributed by atoms with Crippen molar-refractivity contribution in [2.75, 3.05) is 6.54 Å². The molecule has 1 atom stereocenters. The summed E-state index contributed by atoms with van der Waals surface area (Å²) in [6.45, 7) is 5.77. The largest absolute Gasteiger partial charge is 0.509 e. The molecule has 2 nitrogen and oxygen atoms in total. The highest BCUT2D eigenvalue weighted by Crippen LogP contribution is 2.18. The van der Waals surface area contributed by atoms with Crippen LogP contribution in [0, 0.1) is 0 Å². The highest BCUT2D eigenvalue weighted by molar-refractivity contribution is 6.32. The van der Waals surface area contributed by atoms with Crippen molar-refractivity contribution in [2.24, 2.45) is 5.73 Å². The second-order valence-electron chi connectivity index (χ2n) is 2.81. The minimum Gasteiger partial charge on any atom is -0.509 e.